The van der Waals surface area contributed by atoms with Crippen LogP contribution in [-0.4, -0.2) is 28.3 Å². The lowest BCUT2D eigenvalue weighted by Crippen LogP contribution is -2.31. The van der Waals surface area contributed by atoms with Crippen LogP contribution in [0.4, 0.5) is 0 Å². The summed E-state index contributed by atoms with van der Waals surface area (Å²) in [6.45, 7) is 6.16. The lowest BCUT2D eigenvalue weighted by atomic mass is 10.0. The molecule has 1 atom stereocenters. The van der Waals surface area contributed by atoms with Crippen LogP contribution < -0.4 is 5.73 Å². The molecular weight excluding hydrogens is 182 g/mol. The summed E-state index contributed by atoms with van der Waals surface area (Å²) in [7, 11) is 0. The van der Waals surface area contributed by atoms with Gasteiger partial charge in [0.2, 0.25) is 0 Å². The second-order valence-corrected chi connectivity index (χ2v) is 4.65. The standard InChI is InChI=1S/C10H23NOS/c1-4-9(11)7-13-8-10(12,5-2)6-3/h9,12H,4-8,11H2,1-3H3. The molecule has 3 N–H and O–H groups in total. The van der Waals surface area contributed by atoms with Crippen LogP contribution in [0.2, 0.25) is 0 Å². The average molecular weight is 205 g/mol. The van der Waals surface area contributed by atoms with E-state index in [1.54, 1.807) is 11.8 Å². The molecule has 0 spiro atoms. The molecule has 0 aliphatic carbocycles. The van der Waals surface area contributed by atoms with Gasteiger partial charge < -0.3 is 10.8 Å². The van der Waals surface area contributed by atoms with E-state index in [0.29, 0.717) is 0 Å². The van der Waals surface area contributed by atoms with Crippen LogP contribution in [0.5, 0.6) is 0 Å². The van der Waals surface area contributed by atoms with Crippen LogP contribution in [0.25, 0.3) is 0 Å². The molecule has 0 saturated carbocycles. The third-order valence-corrected chi connectivity index (χ3v) is 3.95. The summed E-state index contributed by atoms with van der Waals surface area (Å²) >= 11 is 1.77. The maximum Gasteiger partial charge on any atom is 0.0732 e. The van der Waals surface area contributed by atoms with Crippen LogP contribution >= 0.6 is 11.8 Å². The average Bonchev–Trinajstić information content (AvgIpc) is 2.17. The Bertz CT molecular complexity index is 126. The van der Waals surface area contributed by atoms with Gasteiger partial charge in [-0.2, -0.15) is 11.8 Å². The highest BCUT2D eigenvalue weighted by Crippen LogP contribution is 2.21. The maximum atomic E-state index is 9.95. The number of rotatable bonds is 7. The molecule has 0 bridgehead atoms. The number of nitrogens with two attached hydrogens (primary N) is 1. The number of thioether (sulfide) groups is 1. The third-order valence-electron chi connectivity index (χ3n) is 2.54. The molecule has 13 heavy (non-hydrogen) atoms. The minimum absolute atomic E-state index is 0.281. The molecule has 0 aliphatic rings. The van der Waals surface area contributed by atoms with Crippen LogP contribution in [0, 0.1) is 0 Å². The summed E-state index contributed by atoms with van der Waals surface area (Å²) in [4.78, 5) is 0. The maximum absolute atomic E-state index is 9.95. The summed E-state index contributed by atoms with van der Waals surface area (Å²) in [5, 5.41) is 9.95. The first-order chi connectivity index (χ1) is 6.08. The third kappa shape index (κ3) is 5.55. The van der Waals surface area contributed by atoms with Crippen molar-refractivity contribution < 1.29 is 5.11 Å². The molecule has 0 radical (unpaired) electrons. The fraction of sp³-hybridized carbons (Fsp3) is 1.00. The van der Waals surface area contributed by atoms with Gasteiger partial charge in [0.05, 0.1) is 5.60 Å². The number of hydrogen-bond donors (Lipinski definition) is 2. The van der Waals surface area contributed by atoms with Crippen LogP contribution in [-0.2, 0) is 0 Å². The van der Waals surface area contributed by atoms with Gasteiger partial charge in [0.1, 0.15) is 0 Å². The van der Waals surface area contributed by atoms with E-state index < -0.39 is 5.60 Å². The lowest BCUT2D eigenvalue weighted by molar-refractivity contribution is 0.0572. The molecule has 0 rings (SSSR count). The summed E-state index contributed by atoms with van der Waals surface area (Å²) in [5.41, 5.74) is 5.31. The van der Waals surface area contributed by atoms with Gasteiger partial charge in [-0.05, 0) is 19.3 Å². The SMILES string of the molecule is CCC(N)CSCC(O)(CC)CC. The van der Waals surface area contributed by atoms with Crippen LogP contribution in [0.3, 0.4) is 0 Å². The van der Waals surface area contributed by atoms with E-state index in [1.807, 2.05) is 13.8 Å². The number of aliphatic hydroxyl groups is 1. The van der Waals surface area contributed by atoms with Crippen molar-refractivity contribution in [2.24, 2.45) is 5.73 Å². The molecule has 0 aromatic carbocycles. The van der Waals surface area contributed by atoms with E-state index in [4.69, 9.17) is 5.73 Å². The molecule has 0 aromatic heterocycles. The Labute approximate surface area is 86.3 Å². The zero-order chi connectivity index (χ0) is 10.3. The zero-order valence-corrected chi connectivity index (χ0v) is 9.86. The summed E-state index contributed by atoms with van der Waals surface area (Å²) in [5.74, 6) is 1.77. The van der Waals surface area contributed by atoms with Gasteiger partial charge in [-0.15, -0.1) is 0 Å². The topological polar surface area (TPSA) is 46.2 Å². The van der Waals surface area contributed by atoms with Crippen molar-refractivity contribution in [1.82, 2.24) is 0 Å². The zero-order valence-electron chi connectivity index (χ0n) is 9.05. The Hall–Kier alpha value is 0.270. The Kier molecular flexibility index (Phi) is 6.82. The molecule has 0 aromatic rings. The van der Waals surface area contributed by atoms with Gasteiger partial charge in [0, 0.05) is 17.5 Å². The molecule has 2 nitrogen and oxygen atoms in total. The molecule has 0 amide bonds. The first kappa shape index (κ1) is 13.3. The van der Waals surface area contributed by atoms with Crippen LogP contribution in [0.1, 0.15) is 40.0 Å². The van der Waals surface area contributed by atoms with Gasteiger partial charge in [0.25, 0.3) is 0 Å². The van der Waals surface area contributed by atoms with Gasteiger partial charge in [0.15, 0.2) is 0 Å². The van der Waals surface area contributed by atoms with Gasteiger partial charge in [-0.1, -0.05) is 20.8 Å². The summed E-state index contributed by atoms with van der Waals surface area (Å²) < 4.78 is 0. The van der Waals surface area contributed by atoms with Crippen molar-refractivity contribution in [2.45, 2.75) is 51.7 Å². The second-order valence-electron chi connectivity index (χ2n) is 3.61. The van der Waals surface area contributed by atoms with Crippen molar-refractivity contribution in [1.29, 1.82) is 0 Å². The van der Waals surface area contributed by atoms with E-state index in [1.165, 1.54) is 0 Å². The minimum Gasteiger partial charge on any atom is -0.389 e. The summed E-state index contributed by atoms with van der Waals surface area (Å²) in [6.07, 6.45) is 2.68. The Morgan fingerprint density at radius 1 is 1.31 bits per heavy atom. The summed E-state index contributed by atoms with van der Waals surface area (Å²) in [6, 6.07) is 0.281. The first-order valence-electron chi connectivity index (χ1n) is 5.13. The molecule has 0 fully saturated rings. The Morgan fingerprint density at radius 3 is 2.23 bits per heavy atom. The van der Waals surface area contributed by atoms with Gasteiger partial charge in [-0.25, -0.2) is 0 Å². The van der Waals surface area contributed by atoms with Gasteiger partial charge >= 0.3 is 0 Å². The van der Waals surface area contributed by atoms with Gasteiger partial charge in [-0.3, -0.25) is 0 Å². The first-order valence-corrected chi connectivity index (χ1v) is 6.29. The highest BCUT2D eigenvalue weighted by molar-refractivity contribution is 7.99. The quantitative estimate of drug-likeness (QED) is 0.668. The monoisotopic (exact) mass is 205 g/mol. The van der Waals surface area contributed by atoms with E-state index >= 15 is 0 Å². The normalized spacial score (nSPS) is 14.5. The smallest absolute Gasteiger partial charge is 0.0732 e. The lowest BCUT2D eigenvalue weighted by Gasteiger charge is -2.25. The Morgan fingerprint density at radius 2 is 1.85 bits per heavy atom. The Balaban J connectivity index is 3.61. The predicted octanol–water partition coefficient (Wildman–Crippen LogP) is 2.01. The number of hydrogen-bond acceptors (Lipinski definition) is 3. The van der Waals surface area contributed by atoms with Crippen molar-refractivity contribution in [3.8, 4) is 0 Å². The predicted molar refractivity (Wildman–Crippen MR) is 61.1 cm³/mol. The fourth-order valence-electron chi connectivity index (χ4n) is 0.972. The molecule has 0 heterocycles. The second kappa shape index (κ2) is 6.68. The molecular formula is C10H23NOS. The highest BCUT2D eigenvalue weighted by atomic mass is 32.2. The van der Waals surface area contributed by atoms with E-state index in [9.17, 15) is 5.11 Å². The molecule has 0 aliphatic heterocycles. The molecule has 3 heteroatoms. The van der Waals surface area contributed by atoms with Crippen molar-refractivity contribution in [2.75, 3.05) is 11.5 Å². The van der Waals surface area contributed by atoms with Crippen molar-refractivity contribution in [3.05, 3.63) is 0 Å². The molecule has 1 unspecified atom stereocenters. The van der Waals surface area contributed by atoms with E-state index in [2.05, 4.69) is 6.92 Å². The van der Waals surface area contributed by atoms with Crippen molar-refractivity contribution >= 4 is 11.8 Å². The van der Waals surface area contributed by atoms with E-state index in [0.717, 1.165) is 30.8 Å². The van der Waals surface area contributed by atoms with Crippen LogP contribution in [0.15, 0.2) is 0 Å². The van der Waals surface area contributed by atoms with Crippen molar-refractivity contribution in [3.63, 3.8) is 0 Å². The fourth-order valence-corrected chi connectivity index (χ4v) is 2.42. The minimum atomic E-state index is -0.474. The largest absolute Gasteiger partial charge is 0.389 e. The van der Waals surface area contributed by atoms with E-state index in [-0.39, 0.29) is 6.04 Å². The molecule has 80 valence electrons. The highest BCUT2D eigenvalue weighted by Gasteiger charge is 2.21. The molecule has 0 saturated heterocycles.